The molecule has 4 nitrogen and oxygen atoms in total. The van der Waals surface area contributed by atoms with Crippen molar-refractivity contribution in [1.29, 1.82) is 0 Å². The molecule has 1 amide bonds. The quantitative estimate of drug-likeness (QED) is 0.527. The molecule has 0 heterocycles. The average molecular weight is 322 g/mol. The molecule has 0 saturated carbocycles. The highest BCUT2D eigenvalue weighted by molar-refractivity contribution is 7.98. The van der Waals surface area contributed by atoms with E-state index >= 15 is 0 Å². The van der Waals surface area contributed by atoms with Crippen molar-refractivity contribution in [2.24, 2.45) is 5.73 Å². The van der Waals surface area contributed by atoms with Crippen molar-refractivity contribution >= 4 is 35.4 Å². The summed E-state index contributed by atoms with van der Waals surface area (Å²) in [5.41, 5.74) is 6.20. The molecule has 0 aliphatic rings. The number of ether oxygens (including phenoxy) is 1. The minimum atomic E-state index is -1.14. The predicted molar refractivity (Wildman–Crippen MR) is 82.5 cm³/mol. The molecular weight excluding hydrogens is 310 g/mol. The smallest absolute Gasteiger partial charge is 0.373 e. The van der Waals surface area contributed by atoms with Crippen LogP contribution >= 0.6 is 23.4 Å². The SMILES string of the molecule is NC(=O)OC(=O)c1cc(Cl)ccc1SCc1ccccc1. The lowest BCUT2D eigenvalue weighted by Crippen LogP contribution is -2.19. The summed E-state index contributed by atoms with van der Waals surface area (Å²) < 4.78 is 4.41. The second-order valence-corrected chi connectivity index (χ2v) is 5.58. The lowest BCUT2D eigenvalue weighted by Gasteiger charge is -2.08. The Labute approximate surface area is 131 Å². The highest BCUT2D eigenvalue weighted by Crippen LogP contribution is 2.29. The molecule has 0 spiro atoms. The Balaban J connectivity index is 2.18. The summed E-state index contributed by atoms with van der Waals surface area (Å²) in [6.45, 7) is 0. The maximum absolute atomic E-state index is 11.8. The van der Waals surface area contributed by atoms with E-state index in [0.717, 1.165) is 5.56 Å². The summed E-state index contributed by atoms with van der Waals surface area (Å²) >= 11 is 7.33. The molecule has 2 aromatic carbocycles. The van der Waals surface area contributed by atoms with E-state index in [1.165, 1.54) is 17.8 Å². The summed E-state index contributed by atoms with van der Waals surface area (Å²) in [5, 5.41) is 0.385. The van der Waals surface area contributed by atoms with Crippen LogP contribution in [-0.4, -0.2) is 12.1 Å². The van der Waals surface area contributed by atoms with Crippen LogP contribution in [0.25, 0.3) is 0 Å². The Morgan fingerprint density at radius 1 is 1.14 bits per heavy atom. The zero-order valence-corrected chi connectivity index (χ0v) is 12.5. The van der Waals surface area contributed by atoms with Gasteiger partial charge in [-0.3, -0.25) is 0 Å². The van der Waals surface area contributed by atoms with Crippen molar-refractivity contribution in [3.63, 3.8) is 0 Å². The van der Waals surface area contributed by atoms with Crippen LogP contribution in [0, 0.1) is 0 Å². The maximum atomic E-state index is 11.8. The zero-order valence-electron chi connectivity index (χ0n) is 10.9. The third-order valence-corrected chi connectivity index (χ3v) is 3.97. The van der Waals surface area contributed by atoms with E-state index in [1.54, 1.807) is 12.1 Å². The van der Waals surface area contributed by atoms with E-state index in [4.69, 9.17) is 17.3 Å². The molecule has 0 aliphatic carbocycles. The van der Waals surface area contributed by atoms with E-state index in [2.05, 4.69) is 4.74 Å². The topological polar surface area (TPSA) is 69.4 Å². The van der Waals surface area contributed by atoms with Gasteiger partial charge in [-0.25, -0.2) is 9.59 Å². The molecule has 0 bridgehead atoms. The number of carbonyl (C=O) groups is 2. The van der Waals surface area contributed by atoms with Crippen LogP contribution in [0.5, 0.6) is 0 Å². The molecule has 2 N–H and O–H groups in total. The molecule has 0 aromatic heterocycles. The highest BCUT2D eigenvalue weighted by atomic mass is 35.5. The van der Waals surface area contributed by atoms with Gasteiger partial charge in [0.25, 0.3) is 0 Å². The van der Waals surface area contributed by atoms with Crippen LogP contribution in [0.1, 0.15) is 15.9 Å². The highest BCUT2D eigenvalue weighted by Gasteiger charge is 2.16. The van der Waals surface area contributed by atoms with Gasteiger partial charge in [0.2, 0.25) is 0 Å². The maximum Gasteiger partial charge on any atom is 0.412 e. The van der Waals surface area contributed by atoms with Gasteiger partial charge in [0.05, 0.1) is 5.56 Å². The van der Waals surface area contributed by atoms with Crippen LogP contribution in [0.15, 0.2) is 53.4 Å². The molecule has 2 rings (SSSR count). The van der Waals surface area contributed by atoms with Gasteiger partial charge in [-0.2, -0.15) is 0 Å². The number of carbonyl (C=O) groups excluding carboxylic acids is 2. The molecular formula is C15H12ClNO3S. The standard InChI is InChI=1S/C15H12ClNO3S/c16-11-6-7-13(12(8-11)14(18)20-15(17)19)21-9-10-4-2-1-3-5-10/h1-8H,9H2,(H2,17,19). The summed E-state index contributed by atoms with van der Waals surface area (Å²) in [6.07, 6.45) is -1.14. The summed E-state index contributed by atoms with van der Waals surface area (Å²) in [4.78, 5) is 23.2. The first kappa shape index (κ1) is 15.4. The number of esters is 1. The largest absolute Gasteiger partial charge is 0.412 e. The van der Waals surface area contributed by atoms with Crippen molar-refractivity contribution in [3.05, 3.63) is 64.7 Å². The van der Waals surface area contributed by atoms with Crippen molar-refractivity contribution in [2.45, 2.75) is 10.6 Å². The Kier molecular flexibility index (Phi) is 5.25. The van der Waals surface area contributed by atoms with Gasteiger partial charge in [-0.05, 0) is 23.8 Å². The van der Waals surface area contributed by atoms with Crippen LogP contribution in [0.2, 0.25) is 5.02 Å². The van der Waals surface area contributed by atoms with Gasteiger partial charge in [0.15, 0.2) is 0 Å². The number of nitrogens with two attached hydrogens (primary N) is 1. The van der Waals surface area contributed by atoms with Crippen molar-refractivity contribution in [2.75, 3.05) is 0 Å². The lowest BCUT2D eigenvalue weighted by atomic mass is 10.2. The molecule has 21 heavy (non-hydrogen) atoms. The molecule has 0 unspecified atom stereocenters. The Hall–Kier alpha value is -1.98. The molecule has 0 atom stereocenters. The van der Waals surface area contributed by atoms with E-state index in [1.807, 2.05) is 30.3 Å². The van der Waals surface area contributed by atoms with Crippen LogP contribution in [-0.2, 0) is 10.5 Å². The van der Waals surface area contributed by atoms with Gasteiger partial charge in [-0.1, -0.05) is 41.9 Å². The van der Waals surface area contributed by atoms with Crippen molar-refractivity contribution in [3.8, 4) is 0 Å². The molecule has 0 saturated heterocycles. The molecule has 0 radical (unpaired) electrons. The second kappa shape index (κ2) is 7.15. The minimum absolute atomic E-state index is 0.224. The number of primary amides is 1. The van der Waals surface area contributed by atoms with Crippen molar-refractivity contribution in [1.82, 2.24) is 0 Å². The number of benzene rings is 2. The predicted octanol–water partition coefficient (Wildman–Crippen LogP) is 3.87. The van der Waals surface area contributed by atoms with Crippen LogP contribution in [0.3, 0.4) is 0 Å². The van der Waals surface area contributed by atoms with E-state index < -0.39 is 12.1 Å². The van der Waals surface area contributed by atoms with Gasteiger partial charge in [-0.15, -0.1) is 11.8 Å². The fourth-order valence-corrected chi connectivity index (χ4v) is 2.82. The molecule has 6 heteroatoms. The van der Waals surface area contributed by atoms with Gasteiger partial charge >= 0.3 is 12.1 Å². The number of thioether (sulfide) groups is 1. The van der Waals surface area contributed by atoms with E-state index in [0.29, 0.717) is 15.7 Å². The summed E-state index contributed by atoms with van der Waals surface area (Å²) in [7, 11) is 0. The number of amides is 1. The summed E-state index contributed by atoms with van der Waals surface area (Å²) in [5.74, 6) is -0.125. The van der Waals surface area contributed by atoms with Crippen molar-refractivity contribution < 1.29 is 14.3 Å². The molecule has 108 valence electrons. The molecule has 0 aliphatic heterocycles. The Morgan fingerprint density at radius 2 is 1.86 bits per heavy atom. The summed E-state index contributed by atoms with van der Waals surface area (Å²) in [6, 6.07) is 14.7. The second-order valence-electron chi connectivity index (χ2n) is 4.12. The molecule has 0 fully saturated rings. The van der Waals surface area contributed by atoms with E-state index in [9.17, 15) is 9.59 Å². The monoisotopic (exact) mass is 321 g/mol. The Bertz CT molecular complexity index is 661. The van der Waals surface area contributed by atoms with Crippen LogP contribution < -0.4 is 5.73 Å². The average Bonchev–Trinajstić information content (AvgIpc) is 2.46. The number of halogens is 1. The first-order valence-corrected chi connectivity index (χ1v) is 7.40. The first-order valence-electron chi connectivity index (χ1n) is 6.04. The van der Waals surface area contributed by atoms with Gasteiger partial charge in [0.1, 0.15) is 0 Å². The zero-order chi connectivity index (χ0) is 15.2. The fraction of sp³-hybridized carbons (Fsp3) is 0.0667. The third-order valence-electron chi connectivity index (χ3n) is 2.59. The fourth-order valence-electron chi connectivity index (χ4n) is 1.67. The lowest BCUT2D eigenvalue weighted by molar-refractivity contribution is 0.0634. The normalized spacial score (nSPS) is 10.1. The number of hydrogen-bond acceptors (Lipinski definition) is 4. The Morgan fingerprint density at radius 3 is 2.52 bits per heavy atom. The first-order chi connectivity index (χ1) is 10.1. The van der Waals surface area contributed by atoms with Gasteiger partial charge < -0.3 is 10.5 Å². The number of hydrogen-bond donors (Lipinski definition) is 1. The van der Waals surface area contributed by atoms with Crippen LogP contribution in [0.4, 0.5) is 4.79 Å². The van der Waals surface area contributed by atoms with Gasteiger partial charge in [0, 0.05) is 15.7 Å². The minimum Gasteiger partial charge on any atom is -0.373 e. The molecule has 2 aromatic rings. The van der Waals surface area contributed by atoms with E-state index in [-0.39, 0.29) is 5.56 Å². The number of rotatable bonds is 4. The third kappa shape index (κ3) is 4.51.